The van der Waals surface area contributed by atoms with Gasteiger partial charge in [-0.15, -0.1) is 0 Å². The number of aromatic nitrogens is 1. The number of halogens is 8. The van der Waals surface area contributed by atoms with Crippen molar-refractivity contribution in [1.29, 1.82) is 0 Å². The van der Waals surface area contributed by atoms with E-state index in [0.29, 0.717) is 18.3 Å². The van der Waals surface area contributed by atoms with Crippen LogP contribution in [-0.2, 0) is 22.4 Å². The maximum atomic E-state index is 13.4. The highest BCUT2D eigenvalue weighted by molar-refractivity contribution is 7.90. The van der Waals surface area contributed by atoms with Gasteiger partial charge in [0.25, 0.3) is 15.9 Å². The third-order valence-corrected chi connectivity index (χ3v) is 6.24. The van der Waals surface area contributed by atoms with Crippen LogP contribution in [-0.4, -0.2) is 19.3 Å². The van der Waals surface area contributed by atoms with Gasteiger partial charge < -0.3 is 0 Å². The van der Waals surface area contributed by atoms with Gasteiger partial charge in [0.15, 0.2) is 0 Å². The number of nitrogens with one attached hydrogen (secondary N) is 1. The Morgan fingerprint density at radius 1 is 0.882 bits per heavy atom. The molecule has 1 aromatic heterocycles. The van der Waals surface area contributed by atoms with E-state index in [-0.39, 0.29) is 21.7 Å². The van der Waals surface area contributed by atoms with E-state index in [4.69, 9.17) is 23.2 Å². The van der Waals surface area contributed by atoms with E-state index in [1.807, 2.05) is 0 Å². The number of alkyl halides is 6. The molecule has 14 heteroatoms. The van der Waals surface area contributed by atoms with Crippen molar-refractivity contribution < 1.29 is 39.6 Å². The monoisotopic (exact) mass is 542 g/mol. The molecule has 5 nitrogen and oxygen atoms in total. The fourth-order valence-corrected chi connectivity index (χ4v) is 4.19. The molecule has 3 rings (SSSR count). The molecule has 0 atom stereocenters. The molecule has 0 saturated carbocycles. The molecular formula is C20H10Cl2F6N2O3S. The first-order valence-corrected chi connectivity index (χ1v) is 11.1. The first kappa shape index (κ1) is 25.8. The molecule has 0 aliphatic carbocycles. The lowest BCUT2D eigenvalue weighted by Crippen LogP contribution is -2.30. The van der Waals surface area contributed by atoms with Gasteiger partial charge in [-0.2, -0.15) is 26.3 Å². The van der Waals surface area contributed by atoms with Crippen molar-refractivity contribution >= 4 is 39.1 Å². The third-order valence-electron chi connectivity index (χ3n) is 4.38. The van der Waals surface area contributed by atoms with Crippen molar-refractivity contribution in [1.82, 2.24) is 9.71 Å². The second kappa shape index (κ2) is 9.08. The van der Waals surface area contributed by atoms with E-state index in [2.05, 4.69) is 4.98 Å². The van der Waals surface area contributed by atoms with Crippen molar-refractivity contribution in [3.63, 3.8) is 0 Å². The lowest BCUT2D eigenvalue weighted by molar-refractivity contribution is -0.142. The van der Waals surface area contributed by atoms with Crippen molar-refractivity contribution in [2.45, 2.75) is 17.2 Å². The summed E-state index contributed by atoms with van der Waals surface area (Å²) in [4.78, 5) is 15.3. The van der Waals surface area contributed by atoms with E-state index in [0.717, 1.165) is 12.1 Å². The summed E-state index contributed by atoms with van der Waals surface area (Å²) in [5.41, 5.74) is -4.45. The predicted molar refractivity (Wildman–Crippen MR) is 111 cm³/mol. The highest BCUT2D eigenvalue weighted by Gasteiger charge is 2.38. The lowest BCUT2D eigenvalue weighted by atomic mass is 10.00. The molecule has 1 heterocycles. The van der Waals surface area contributed by atoms with Crippen molar-refractivity contribution in [3.05, 3.63) is 81.5 Å². The van der Waals surface area contributed by atoms with E-state index < -0.39 is 55.6 Å². The van der Waals surface area contributed by atoms with E-state index >= 15 is 0 Å². The van der Waals surface area contributed by atoms with Gasteiger partial charge in [0, 0.05) is 16.8 Å². The summed E-state index contributed by atoms with van der Waals surface area (Å²) in [7, 11) is -4.52. The van der Waals surface area contributed by atoms with Crippen LogP contribution in [0.3, 0.4) is 0 Å². The van der Waals surface area contributed by atoms with Gasteiger partial charge in [0.2, 0.25) is 0 Å². The Morgan fingerprint density at radius 3 is 2.09 bits per heavy atom. The molecule has 1 N–H and O–H groups in total. The Hall–Kier alpha value is -2.83. The smallest absolute Gasteiger partial charge is 0.268 e. The number of hydrogen-bond donors (Lipinski definition) is 1. The van der Waals surface area contributed by atoms with Gasteiger partial charge in [-0.1, -0.05) is 29.3 Å². The highest BCUT2D eigenvalue weighted by Crippen LogP contribution is 2.40. The molecule has 0 aliphatic rings. The van der Waals surface area contributed by atoms with Gasteiger partial charge in [-0.25, -0.2) is 13.1 Å². The minimum atomic E-state index is -5.14. The summed E-state index contributed by atoms with van der Waals surface area (Å²) in [5.74, 6) is -1.10. The molecular weight excluding hydrogens is 533 g/mol. The molecule has 0 aliphatic heterocycles. The van der Waals surface area contributed by atoms with Crippen LogP contribution in [0.4, 0.5) is 26.3 Å². The van der Waals surface area contributed by atoms with Gasteiger partial charge in [0.1, 0.15) is 4.90 Å². The maximum Gasteiger partial charge on any atom is 0.417 e. The molecule has 0 fully saturated rings. The van der Waals surface area contributed by atoms with Crippen molar-refractivity contribution in [3.8, 4) is 11.3 Å². The molecule has 180 valence electrons. The Labute approximate surface area is 198 Å². The van der Waals surface area contributed by atoms with Crippen molar-refractivity contribution in [2.75, 3.05) is 0 Å². The minimum absolute atomic E-state index is 0.0578. The van der Waals surface area contributed by atoms with Gasteiger partial charge >= 0.3 is 12.4 Å². The number of amides is 1. The van der Waals surface area contributed by atoms with Crippen LogP contribution in [0.1, 0.15) is 21.5 Å². The maximum absolute atomic E-state index is 13.4. The minimum Gasteiger partial charge on any atom is -0.268 e. The first-order chi connectivity index (χ1) is 15.6. The molecule has 0 radical (unpaired) electrons. The van der Waals surface area contributed by atoms with Crippen LogP contribution < -0.4 is 4.72 Å². The summed E-state index contributed by atoms with van der Waals surface area (Å²) >= 11 is 11.6. The fourth-order valence-electron chi connectivity index (χ4n) is 2.79. The fraction of sp³-hybridized carbons (Fsp3) is 0.100. The lowest BCUT2D eigenvalue weighted by Gasteiger charge is -2.16. The third kappa shape index (κ3) is 5.62. The zero-order valence-corrected chi connectivity index (χ0v) is 18.6. The summed E-state index contributed by atoms with van der Waals surface area (Å²) in [6.45, 7) is 0. The van der Waals surface area contributed by atoms with Gasteiger partial charge in [0.05, 0.1) is 27.4 Å². The standard InChI is InChI=1S/C20H10Cl2F6N2O3S/c21-11-2-5-14(16(22)8-11)18(31)30-34(32,33)12-3-6-17(29-9-12)13-4-1-10(19(23,24)25)7-15(13)20(26,27)28/h1-9H,(H,30,31). The predicted octanol–water partition coefficient (Wildman–Crippen LogP) is 6.21. The molecule has 0 saturated heterocycles. The number of pyridine rings is 1. The zero-order valence-electron chi connectivity index (χ0n) is 16.3. The van der Waals surface area contributed by atoms with Gasteiger partial charge in [-0.3, -0.25) is 9.78 Å². The Bertz CT molecular complexity index is 1360. The first-order valence-electron chi connectivity index (χ1n) is 8.86. The largest absolute Gasteiger partial charge is 0.417 e. The number of carbonyl (C=O) groups is 1. The second-order valence-corrected chi connectivity index (χ2v) is 9.22. The van der Waals surface area contributed by atoms with Crippen LogP contribution in [0.5, 0.6) is 0 Å². The van der Waals surface area contributed by atoms with Crippen LogP contribution in [0.25, 0.3) is 11.3 Å². The molecule has 0 bridgehead atoms. The number of nitrogens with zero attached hydrogens (tertiary/aromatic N) is 1. The Kier molecular flexibility index (Phi) is 6.89. The average molecular weight is 543 g/mol. The van der Waals surface area contributed by atoms with Crippen molar-refractivity contribution in [2.24, 2.45) is 0 Å². The SMILES string of the molecule is O=C(NS(=O)(=O)c1ccc(-c2ccc(C(F)(F)F)cc2C(F)(F)F)nc1)c1ccc(Cl)cc1Cl. The zero-order chi connectivity index (χ0) is 25.5. The van der Waals surface area contributed by atoms with E-state index in [1.165, 1.54) is 18.2 Å². The molecule has 0 unspecified atom stereocenters. The number of rotatable bonds is 4. The molecule has 0 spiro atoms. The molecule has 34 heavy (non-hydrogen) atoms. The molecule has 2 aromatic carbocycles. The quantitative estimate of drug-likeness (QED) is 0.397. The summed E-state index contributed by atoms with van der Waals surface area (Å²) in [6, 6.07) is 6.39. The van der Waals surface area contributed by atoms with E-state index in [9.17, 15) is 39.6 Å². The highest BCUT2D eigenvalue weighted by atomic mass is 35.5. The van der Waals surface area contributed by atoms with Crippen LogP contribution >= 0.6 is 23.2 Å². The van der Waals surface area contributed by atoms with Crippen LogP contribution in [0, 0.1) is 0 Å². The average Bonchev–Trinajstić information content (AvgIpc) is 2.71. The number of sulfonamides is 1. The summed E-state index contributed by atoms with van der Waals surface area (Å²) < 4.78 is 105. The number of hydrogen-bond acceptors (Lipinski definition) is 4. The Morgan fingerprint density at radius 2 is 1.56 bits per heavy atom. The van der Waals surface area contributed by atoms with Gasteiger partial charge in [-0.05, 0) is 42.5 Å². The number of benzene rings is 2. The van der Waals surface area contributed by atoms with E-state index in [1.54, 1.807) is 4.72 Å². The van der Waals surface area contributed by atoms with Crippen LogP contribution in [0.2, 0.25) is 10.0 Å². The second-order valence-electron chi connectivity index (χ2n) is 6.69. The summed E-state index contributed by atoms with van der Waals surface area (Å²) in [6.07, 6.45) is -9.49. The molecule has 1 amide bonds. The molecule has 3 aromatic rings. The topological polar surface area (TPSA) is 76.1 Å². The number of carbonyl (C=O) groups excluding carboxylic acids is 1. The Balaban J connectivity index is 1.93. The summed E-state index contributed by atoms with van der Waals surface area (Å²) in [5, 5.41) is 0.0707. The normalized spacial score (nSPS) is 12.5. The van der Waals surface area contributed by atoms with Crippen LogP contribution in [0.15, 0.2) is 59.6 Å².